The quantitative estimate of drug-likeness (QED) is 0.534. The van der Waals surface area contributed by atoms with Crippen molar-refractivity contribution in [2.24, 2.45) is 0 Å². The number of aromatic nitrogens is 2. The lowest BCUT2D eigenvalue weighted by Gasteiger charge is -2.38. The van der Waals surface area contributed by atoms with Crippen LogP contribution in [0.5, 0.6) is 0 Å². The number of carboxylic acids is 2. The third-order valence-electron chi connectivity index (χ3n) is 5.41. The van der Waals surface area contributed by atoms with Gasteiger partial charge in [-0.3, -0.25) is 14.9 Å². The van der Waals surface area contributed by atoms with Crippen molar-refractivity contribution in [2.45, 2.75) is 56.6 Å². The van der Waals surface area contributed by atoms with E-state index in [9.17, 15) is 26.3 Å². The average Bonchev–Trinajstić information content (AvgIpc) is 3.28. The molecule has 1 saturated heterocycles. The van der Waals surface area contributed by atoms with Crippen LogP contribution in [0.3, 0.4) is 0 Å². The Kier molecular flexibility index (Phi) is 11.4. The number of aliphatic carboxylic acids is 2. The third kappa shape index (κ3) is 10.2. The van der Waals surface area contributed by atoms with E-state index in [1.807, 2.05) is 24.5 Å². The van der Waals surface area contributed by atoms with Gasteiger partial charge in [0, 0.05) is 37.7 Å². The van der Waals surface area contributed by atoms with E-state index in [1.54, 1.807) is 6.20 Å². The van der Waals surface area contributed by atoms with Gasteiger partial charge in [-0.05, 0) is 36.6 Å². The fraction of sp³-hybridized carbons (Fsp3) is 0.478. The molecule has 3 heterocycles. The first-order valence-electron chi connectivity index (χ1n) is 11.1. The minimum atomic E-state index is -5.08. The lowest BCUT2D eigenvalue weighted by Crippen LogP contribution is -2.51. The second-order valence-electron chi connectivity index (χ2n) is 8.09. The summed E-state index contributed by atoms with van der Waals surface area (Å²) < 4.78 is 75.7. The van der Waals surface area contributed by atoms with E-state index in [0.717, 1.165) is 43.8 Å². The number of hydrogen-bond acceptors (Lipinski definition) is 7. The number of rotatable bonds is 5. The van der Waals surface area contributed by atoms with Gasteiger partial charge in [0.1, 0.15) is 0 Å². The molecule has 38 heavy (non-hydrogen) atoms. The van der Waals surface area contributed by atoms with Gasteiger partial charge in [-0.1, -0.05) is 12.1 Å². The summed E-state index contributed by atoms with van der Waals surface area (Å²) in [6.07, 6.45) is -2.15. The predicted molar refractivity (Wildman–Crippen MR) is 118 cm³/mol. The number of morpholine rings is 1. The third-order valence-corrected chi connectivity index (χ3v) is 5.41. The zero-order valence-corrected chi connectivity index (χ0v) is 19.7. The molecule has 0 radical (unpaired) electrons. The van der Waals surface area contributed by atoms with Gasteiger partial charge < -0.3 is 19.7 Å². The van der Waals surface area contributed by atoms with Gasteiger partial charge in [0.25, 0.3) is 0 Å². The Balaban J connectivity index is 0.000000301. The van der Waals surface area contributed by atoms with Crippen LogP contribution in [-0.4, -0.2) is 80.8 Å². The van der Waals surface area contributed by atoms with Crippen LogP contribution in [0.15, 0.2) is 48.9 Å². The van der Waals surface area contributed by atoms with Gasteiger partial charge in [0.05, 0.1) is 31.1 Å². The SMILES string of the molecule is O=C(O)C(F)(F)F.O=C(O)C(F)(F)F.c1ccc(CN2CCO[C@H]3[C@H](OCc4cccnc4)CC[C@@H]32)nc1. The molecule has 3 atom stereocenters. The molecule has 0 bridgehead atoms. The van der Waals surface area contributed by atoms with Crippen LogP contribution in [0.4, 0.5) is 26.3 Å². The molecule has 1 saturated carbocycles. The van der Waals surface area contributed by atoms with Crippen LogP contribution in [-0.2, 0) is 32.2 Å². The number of nitrogens with zero attached hydrogens (tertiary/aromatic N) is 3. The lowest BCUT2D eigenvalue weighted by molar-refractivity contribution is -0.193. The topological polar surface area (TPSA) is 122 Å². The summed E-state index contributed by atoms with van der Waals surface area (Å²) in [5.41, 5.74) is 2.24. The maximum atomic E-state index is 10.6. The van der Waals surface area contributed by atoms with E-state index in [-0.39, 0.29) is 12.2 Å². The molecule has 1 aliphatic carbocycles. The van der Waals surface area contributed by atoms with Crippen LogP contribution >= 0.6 is 0 Å². The molecule has 2 aromatic rings. The van der Waals surface area contributed by atoms with Crippen molar-refractivity contribution >= 4 is 11.9 Å². The number of fused-ring (bicyclic) bond motifs is 1. The van der Waals surface area contributed by atoms with Crippen LogP contribution < -0.4 is 0 Å². The Morgan fingerprint density at radius 1 is 1.00 bits per heavy atom. The predicted octanol–water partition coefficient (Wildman–Crippen LogP) is 3.69. The second-order valence-corrected chi connectivity index (χ2v) is 8.09. The highest BCUT2D eigenvalue weighted by Crippen LogP contribution is 2.33. The monoisotopic (exact) mass is 553 g/mol. The zero-order chi connectivity index (χ0) is 28.3. The highest BCUT2D eigenvalue weighted by molar-refractivity contribution is 5.73. The first-order chi connectivity index (χ1) is 17.8. The van der Waals surface area contributed by atoms with Gasteiger partial charge in [-0.2, -0.15) is 26.3 Å². The summed E-state index contributed by atoms with van der Waals surface area (Å²) in [4.78, 5) is 28.9. The lowest BCUT2D eigenvalue weighted by atomic mass is 10.1. The van der Waals surface area contributed by atoms with Gasteiger partial charge in [-0.25, -0.2) is 9.59 Å². The molecule has 0 spiro atoms. The Morgan fingerprint density at radius 3 is 2.18 bits per heavy atom. The molecule has 15 heteroatoms. The minimum Gasteiger partial charge on any atom is -0.475 e. The Hall–Kier alpha value is -3.30. The van der Waals surface area contributed by atoms with E-state index >= 15 is 0 Å². The first kappa shape index (κ1) is 30.9. The fourth-order valence-electron chi connectivity index (χ4n) is 3.75. The van der Waals surface area contributed by atoms with Crippen LogP contribution in [0.25, 0.3) is 0 Å². The number of hydrogen-bond donors (Lipinski definition) is 2. The first-order valence-corrected chi connectivity index (χ1v) is 11.1. The van der Waals surface area contributed by atoms with Crippen molar-refractivity contribution in [3.63, 3.8) is 0 Å². The molecule has 0 unspecified atom stereocenters. The van der Waals surface area contributed by atoms with Crippen molar-refractivity contribution in [3.8, 4) is 0 Å². The average molecular weight is 553 g/mol. The fourth-order valence-corrected chi connectivity index (χ4v) is 3.75. The number of alkyl halides is 6. The molecule has 210 valence electrons. The Morgan fingerprint density at radius 2 is 1.66 bits per heavy atom. The van der Waals surface area contributed by atoms with Crippen molar-refractivity contribution in [1.29, 1.82) is 0 Å². The minimum absolute atomic E-state index is 0.166. The highest BCUT2D eigenvalue weighted by atomic mass is 19.4. The summed E-state index contributed by atoms with van der Waals surface area (Å²) in [6, 6.07) is 10.5. The molecular weight excluding hydrogens is 528 g/mol. The molecule has 0 aromatic carbocycles. The summed E-state index contributed by atoms with van der Waals surface area (Å²) in [7, 11) is 0. The van der Waals surface area contributed by atoms with Crippen LogP contribution in [0.2, 0.25) is 0 Å². The molecule has 0 amide bonds. The number of ether oxygens (including phenoxy) is 2. The molecule has 4 rings (SSSR count). The van der Waals surface area contributed by atoms with Crippen molar-refractivity contribution < 1.29 is 55.6 Å². The number of pyridine rings is 2. The van der Waals surface area contributed by atoms with Crippen molar-refractivity contribution in [1.82, 2.24) is 14.9 Å². The van der Waals surface area contributed by atoms with Crippen LogP contribution in [0, 0.1) is 0 Å². The van der Waals surface area contributed by atoms with Crippen molar-refractivity contribution in [3.05, 3.63) is 60.2 Å². The normalized spacial score (nSPS) is 21.3. The number of halogens is 6. The number of carboxylic acid groups (broad SMARTS) is 2. The highest BCUT2D eigenvalue weighted by Gasteiger charge is 2.43. The van der Waals surface area contributed by atoms with E-state index in [0.29, 0.717) is 12.6 Å². The Bertz CT molecular complexity index is 986. The number of carbonyl (C=O) groups is 2. The smallest absolute Gasteiger partial charge is 0.475 e. The molecule has 9 nitrogen and oxygen atoms in total. The Labute approximate surface area is 213 Å². The molecule has 2 fully saturated rings. The summed E-state index contributed by atoms with van der Waals surface area (Å²) >= 11 is 0. The van der Waals surface area contributed by atoms with Gasteiger partial charge in [0.15, 0.2) is 0 Å². The summed E-state index contributed by atoms with van der Waals surface area (Å²) in [6.45, 7) is 3.22. The molecule has 2 N–H and O–H groups in total. The largest absolute Gasteiger partial charge is 0.490 e. The van der Waals surface area contributed by atoms with Crippen LogP contribution in [0.1, 0.15) is 24.1 Å². The second kappa shape index (κ2) is 14.0. The van der Waals surface area contributed by atoms with Crippen molar-refractivity contribution in [2.75, 3.05) is 13.2 Å². The molecular formula is C23H25F6N3O6. The molecule has 2 aromatic heterocycles. The zero-order valence-electron chi connectivity index (χ0n) is 19.7. The van der Waals surface area contributed by atoms with E-state index < -0.39 is 24.3 Å². The van der Waals surface area contributed by atoms with Gasteiger partial charge >= 0.3 is 24.3 Å². The van der Waals surface area contributed by atoms with E-state index in [4.69, 9.17) is 29.3 Å². The molecule has 1 aliphatic heterocycles. The summed E-state index contributed by atoms with van der Waals surface area (Å²) in [5.74, 6) is -5.51. The standard InChI is InChI=1S/C19H23N3O2.2C2HF3O2/c1-2-9-21-16(5-1)13-22-10-11-23-19-17(22)6-7-18(19)24-14-15-4-3-8-20-12-15;2*3-2(4,5)1(6)7/h1-5,8-9,12,17-19H,6-7,10-11,13-14H2;2*(H,6,7)/t17-,18+,19+;;/m0../s1. The van der Waals surface area contributed by atoms with E-state index in [1.165, 1.54) is 0 Å². The van der Waals surface area contributed by atoms with Gasteiger partial charge in [0.2, 0.25) is 0 Å². The molecule has 2 aliphatic rings. The summed E-state index contributed by atoms with van der Waals surface area (Å²) in [5, 5.41) is 14.2. The maximum Gasteiger partial charge on any atom is 0.490 e. The van der Waals surface area contributed by atoms with Gasteiger partial charge in [-0.15, -0.1) is 0 Å². The van der Waals surface area contributed by atoms with E-state index in [2.05, 4.69) is 33.1 Å². The maximum absolute atomic E-state index is 10.6.